The highest BCUT2D eigenvalue weighted by molar-refractivity contribution is 6.09. The van der Waals surface area contributed by atoms with Crippen LogP contribution in [0.4, 0.5) is 11.4 Å². The third kappa shape index (κ3) is 6.47. The van der Waals surface area contributed by atoms with Crippen molar-refractivity contribution < 1.29 is 19.1 Å². The van der Waals surface area contributed by atoms with Crippen molar-refractivity contribution in [2.75, 3.05) is 24.4 Å². The fraction of sp³-hybridized carbons (Fsp3) is 0.148. The molecule has 3 aromatic rings. The number of nitriles is 1. The minimum atomic E-state index is -0.560. The summed E-state index contributed by atoms with van der Waals surface area (Å²) in [4.78, 5) is 24.9. The van der Waals surface area contributed by atoms with E-state index in [2.05, 4.69) is 10.6 Å². The molecule has 0 aliphatic heterocycles. The number of rotatable bonds is 8. The Morgan fingerprint density at radius 1 is 0.941 bits per heavy atom. The van der Waals surface area contributed by atoms with Crippen molar-refractivity contribution in [1.82, 2.24) is 0 Å². The Bertz CT molecular complexity index is 1260. The van der Waals surface area contributed by atoms with Crippen molar-refractivity contribution in [2.24, 2.45) is 0 Å². The third-order valence-electron chi connectivity index (χ3n) is 5.08. The summed E-state index contributed by atoms with van der Waals surface area (Å²) >= 11 is 0. The molecule has 0 bridgehead atoms. The fourth-order valence-corrected chi connectivity index (χ4v) is 3.07. The summed E-state index contributed by atoms with van der Waals surface area (Å²) in [7, 11) is 1.55. The minimum Gasteiger partial charge on any atom is -0.497 e. The van der Waals surface area contributed by atoms with Gasteiger partial charge in [0.2, 0.25) is 0 Å². The van der Waals surface area contributed by atoms with Crippen molar-refractivity contribution in [3.8, 4) is 17.6 Å². The van der Waals surface area contributed by atoms with E-state index in [4.69, 9.17) is 9.47 Å². The number of para-hydroxylation sites is 1. The van der Waals surface area contributed by atoms with Gasteiger partial charge in [-0.15, -0.1) is 0 Å². The first-order valence-electron chi connectivity index (χ1n) is 10.6. The molecule has 0 fully saturated rings. The van der Waals surface area contributed by atoms with Crippen molar-refractivity contribution in [3.63, 3.8) is 0 Å². The summed E-state index contributed by atoms with van der Waals surface area (Å²) < 4.78 is 10.8. The Morgan fingerprint density at radius 3 is 2.32 bits per heavy atom. The number of hydrogen-bond donors (Lipinski definition) is 2. The van der Waals surface area contributed by atoms with E-state index in [0.717, 1.165) is 11.1 Å². The number of carbonyl (C=O) groups is 2. The smallest absolute Gasteiger partial charge is 0.266 e. The SMILES string of the molecule is COc1ccc(NC(=O)/C(C#N)=C\c2ccccc2OCC(=O)Nc2ccc(C)c(C)c2)cc1. The molecular weight excluding hydrogens is 430 g/mol. The van der Waals surface area contributed by atoms with Crippen molar-refractivity contribution in [1.29, 1.82) is 5.26 Å². The number of nitrogens with one attached hydrogen (secondary N) is 2. The molecule has 34 heavy (non-hydrogen) atoms. The molecule has 3 aromatic carbocycles. The maximum absolute atomic E-state index is 12.6. The summed E-state index contributed by atoms with van der Waals surface area (Å²) in [6.45, 7) is 3.75. The van der Waals surface area contributed by atoms with Gasteiger partial charge in [0.25, 0.3) is 11.8 Å². The molecule has 0 unspecified atom stereocenters. The Morgan fingerprint density at radius 2 is 1.65 bits per heavy atom. The molecule has 0 aliphatic carbocycles. The van der Waals surface area contributed by atoms with Crippen molar-refractivity contribution in [3.05, 3.63) is 89.0 Å². The van der Waals surface area contributed by atoms with Gasteiger partial charge in [-0.1, -0.05) is 24.3 Å². The Labute approximate surface area is 198 Å². The first kappa shape index (κ1) is 24.1. The Hall–Kier alpha value is -4.57. The molecule has 0 atom stereocenters. The number of benzene rings is 3. The zero-order valence-electron chi connectivity index (χ0n) is 19.2. The molecule has 7 nitrogen and oxygen atoms in total. The molecule has 2 N–H and O–H groups in total. The lowest BCUT2D eigenvalue weighted by molar-refractivity contribution is -0.118. The van der Waals surface area contributed by atoms with E-state index in [1.165, 1.54) is 6.08 Å². The van der Waals surface area contributed by atoms with Crippen LogP contribution in [0.5, 0.6) is 11.5 Å². The molecule has 2 amide bonds. The standard InChI is InChI=1S/C27H25N3O4/c1-18-8-9-23(14-19(18)2)29-26(31)17-34-25-7-5-4-6-20(25)15-21(16-28)27(32)30-22-10-12-24(33-3)13-11-22/h4-15H,17H2,1-3H3,(H,29,31)(H,30,32)/b21-15-. The van der Waals surface area contributed by atoms with E-state index < -0.39 is 5.91 Å². The normalized spacial score (nSPS) is 10.7. The van der Waals surface area contributed by atoms with Gasteiger partial charge in [0.15, 0.2) is 6.61 Å². The Kier molecular flexibility index (Phi) is 8.03. The topological polar surface area (TPSA) is 100 Å². The predicted molar refractivity (Wildman–Crippen MR) is 132 cm³/mol. The number of methoxy groups -OCH3 is 1. The molecule has 0 radical (unpaired) electrons. The summed E-state index contributed by atoms with van der Waals surface area (Å²) in [6, 6.07) is 21.2. The van der Waals surface area contributed by atoms with Gasteiger partial charge in [-0.25, -0.2) is 0 Å². The van der Waals surface area contributed by atoms with Gasteiger partial charge in [-0.05, 0) is 73.5 Å². The maximum Gasteiger partial charge on any atom is 0.266 e. The summed E-state index contributed by atoms with van der Waals surface area (Å²) in [5.74, 6) is 0.152. The summed E-state index contributed by atoms with van der Waals surface area (Å²) in [6.07, 6.45) is 1.43. The third-order valence-corrected chi connectivity index (χ3v) is 5.08. The number of ether oxygens (including phenoxy) is 2. The maximum atomic E-state index is 12.6. The second-order valence-electron chi connectivity index (χ2n) is 7.53. The van der Waals surface area contributed by atoms with Crippen molar-refractivity contribution in [2.45, 2.75) is 13.8 Å². The van der Waals surface area contributed by atoms with E-state index in [-0.39, 0.29) is 18.1 Å². The van der Waals surface area contributed by atoms with Gasteiger partial charge in [0.05, 0.1) is 7.11 Å². The van der Waals surface area contributed by atoms with Crippen LogP contribution in [0, 0.1) is 25.2 Å². The van der Waals surface area contributed by atoms with E-state index >= 15 is 0 Å². The highest BCUT2D eigenvalue weighted by Gasteiger charge is 2.12. The number of amides is 2. The molecule has 0 spiro atoms. The second-order valence-corrected chi connectivity index (χ2v) is 7.53. The first-order chi connectivity index (χ1) is 16.4. The highest BCUT2D eigenvalue weighted by Crippen LogP contribution is 2.22. The van der Waals surface area contributed by atoms with E-state index in [9.17, 15) is 14.9 Å². The molecule has 0 saturated heterocycles. The van der Waals surface area contributed by atoms with Gasteiger partial charge in [0.1, 0.15) is 23.1 Å². The van der Waals surface area contributed by atoms with Crippen LogP contribution in [0.2, 0.25) is 0 Å². The molecule has 172 valence electrons. The molecule has 3 rings (SSSR count). The largest absolute Gasteiger partial charge is 0.497 e. The lowest BCUT2D eigenvalue weighted by atomic mass is 10.1. The average molecular weight is 456 g/mol. The van der Waals surface area contributed by atoms with Gasteiger partial charge >= 0.3 is 0 Å². The van der Waals surface area contributed by atoms with Gasteiger partial charge in [0, 0.05) is 16.9 Å². The highest BCUT2D eigenvalue weighted by atomic mass is 16.5. The molecular formula is C27H25N3O4. The fourth-order valence-electron chi connectivity index (χ4n) is 3.07. The van der Waals surface area contributed by atoms with Gasteiger partial charge in [-0.2, -0.15) is 5.26 Å². The Balaban J connectivity index is 1.68. The van der Waals surface area contributed by atoms with Crippen LogP contribution in [0.1, 0.15) is 16.7 Å². The van der Waals surface area contributed by atoms with Crippen LogP contribution in [0.15, 0.2) is 72.3 Å². The number of hydrogen-bond acceptors (Lipinski definition) is 5. The van der Waals surface area contributed by atoms with Crippen LogP contribution in [-0.2, 0) is 9.59 Å². The second kappa shape index (κ2) is 11.3. The monoisotopic (exact) mass is 455 g/mol. The molecule has 0 heterocycles. The minimum absolute atomic E-state index is 0.105. The molecule has 7 heteroatoms. The molecule has 0 aromatic heterocycles. The van der Waals surface area contributed by atoms with E-state index in [1.54, 1.807) is 55.6 Å². The van der Waals surface area contributed by atoms with Gasteiger partial charge < -0.3 is 20.1 Å². The molecule has 0 saturated carbocycles. The van der Waals surface area contributed by atoms with Crippen LogP contribution in [0.3, 0.4) is 0 Å². The van der Waals surface area contributed by atoms with Gasteiger partial charge in [-0.3, -0.25) is 9.59 Å². The number of nitrogens with zero attached hydrogens (tertiary/aromatic N) is 1. The summed E-state index contributed by atoms with van der Waals surface area (Å²) in [5.41, 5.74) is 3.83. The first-order valence-corrected chi connectivity index (χ1v) is 10.6. The quantitative estimate of drug-likeness (QED) is 0.373. The average Bonchev–Trinajstić information content (AvgIpc) is 2.84. The number of aryl methyl sites for hydroxylation is 2. The zero-order chi connectivity index (χ0) is 24.5. The van der Waals surface area contributed by atoms with Crippen LogP contribution < -0.4 is 20.1 Å². The summed E-state index contributed by atoms with van der Waals surface area (Å²) in [5, 5.41) is 15.0. The van der Waals surface area contributed by atoms with Crippen molar-refractivity contribution >= 4 is 29.3 Å². The van der Waals surface area contributed by atoms with E-state index in [1.807, 2.05) is 38.1 Å². The lowest BCUT2D eigenvalue weighted by Gasteiger charge is -2.11. The number of anilines is 2. The number of carbonyl (C=O) groups excluding carboxylic acids is 2. The lowest BCUT2D eigenvalue weighted by Crippen LogP contribution is -2.20. The predicted octanol–water partition coefficient (Wildman–Crippen LogP) is 4.88. The van der Waals surface area contributed by atoms with E-state index in [0.29, 0.717) is 28.4 Å². The molecule has 0 aliphatic rings. The van der Waals surface area contributed by atoms with Crippen LogP contribution >= 0.6 is 0 Å². The van der Waals surface area contributed by atoms with Crippen LogP contribution in [-0.4, -0.2) is 25.5 Å². The van der Waals surface area contributed by atoms with Crippen LogP contribution in [0.25, 0.3) is 6.08 Å². The zero-order valence-corrected chi connectivity index (χ0v) is 19.2.